The number of carboxylic acid groups (broad SMARTS) is 1. The van der Waals surface area contributed by atoms with Crippen LogP contribution in [0.15, 0.2) is 0 Å². The lowest BCUT2D eigenvalue weighted by molar-refractivity contribution is -0.140. The van der Waals surface area contributed by atoms with E-state index in [9.17, 15) is 4.79 Å². The molecule has 4 nitrogen and oxygen atoms in total. The number of hydrogen-bond acceptors (Lipinski definition) is 3. The van der Waals surface area contributed by atoms with Crippen LogP contribution < -0.4 is 5.32 Å². The molecule has 3 rings (SSSR count). The number of aliphatic carboxylic acids is 1. The average molecular weight is 183 g/mol. The Kier molecular flexibility index (Phi) is 1.46. The minimum atomic E-state index is -0.719. The zero-order valence-corrected chi connectivity index (χ0v) is 7.27. The number of ether oxygens (including phenoxy) is 1. The average Bonchev–Trinajstić information content (AvgIpc) is 2.76. The molecule has 0 spiro atoms. The fraction of sp³-hybridized carbons (Fsp3) is 0.889. The van der Waals surface area contributed by atoms with Gasteiger partial charge in [0.05, 0.1) is 12.2 Å². The normalized spacial score (nSPS) is 52.5. The Hall–Kier alpha value is -0.610. The van der Waals surface area contributed by atoms with Crippen LogP contribution in [-0.4, -0.2) is 35.9 Å². The minimum Gasteiger partial charge on any atom is -0.480 e. The highest BCUT2D eigenvalue weighted by atomic mass is 16.5. The van der Waals surface area contributed by atoms with E-state index in [1.165, 1.54) is 0 Å². The third-order valence-electron chi connectivity index (χ3n) is 3.71. The van der Waals surface area contributed by atoms with E-state index in [0.717, 1.165) is 19.4 Å². The molecule has 3 heterocycles. The zero-order valence-electron chi connectivity index (χ0n) is 7.27. The van der Waals surface area contributed by atoms with Crippen LogP contribution in [-0.2, 0) is 9.53 Å². The third kappa shape index (κ3) is 0.901. The van der Waals surface area contributed by atoms with E-state index in [0.29, 0.717) is 12.0 Å². The summed E-state index contributed by atoms with van der Waals surface area (Å²) in [5, 5.41) is 12.0. The molecule has 3 fully saturated rings. The fourth-order valence-corrected chi connectivity index (χ4v) is 3.19. The highest BCUT2D eigenvalue weighted by molar-refractivity contribution is 5.74. The molecule has 0 aromatic rings. The van der Waals surface area contributed by atoms with Gasteiger partial charge in [-0.05, 0) is 12.8 Å². The van der Waals surface area contributed by atoms with Gasteiger partial charge < -0.3 is 15.2 Å². The minimum absolute atomic E-state index is 0.214. The molecule has 3 aliphatic rings. The summed E-state index contributed by atoms with van der Waals surface area (Å²) in [7, 11) is 0. The molecule has 0 aromatic heterocycles. The SMILES string of the molecule is O=C(O)C1NC[C@@H]2[C@H]1[C@@H]1CC[C@H]2O1. The molecular weight excluding hydrogens is 170 g/mol. The monoisotopic (exact) mass is 183 g/mol. The Morgan fingerprint density at radius 1 is 1.38 bits per heavy atom. The van der Waals surface area contributed by atoms with Crippen molar-refractivity contribution >= 4 is 5.97 Å². The van der Waals surface area contributed by atoms with Crippen molar-refractivity contribution < 1.29 is 14.6 Å². The molecule has 72 valence electrons. The summed E-state index contributed by atoms with van der Waals surface area (Å²) in [5.74, 6) is -0.0280. The standard InChI is InChI=1S/C9H13NO3/c11-9(12)8-7-4(3-10-8)5-1-2-6(7)13-5/h4-8,10H,1-3H2,(H,11,12)/t4-,5+,6-,7-,8?/m0/s1. The lowest BCUT2D eigenvalue weighted by atomic mass is 9.78. The first-order chi connectivity index (χ1) is 6.27. The first-order valence-electron chi connectivity index (χ1n) is 4.89. The van der Waals surface area contributed by atoms with Crippen molar-refractivity contribution in [1.82, 2.24) is 5.32 Å². The second-order valence-corrected chi connectivity index (χ2v) is 4.26. The first-order valence-corrected chi connectivity index (χ1v) is 4.89. The number of fused-ring (bicyclic) bond motifs is 5. The Balaban J connectivity index is 1.87. The van der Waals surface area contributed by atoms with Gasteiger partial charge in [-0.3, -0.25) is 4.79 Å². The summed E-state index contributed by atoms with van der Waals surface area (Å²) >= 11 is 0. The number of rotatable bonds is 1. The molecule has 0 saturated carbocycles. The summed E-state index contributed by atoms with van der Waals surface area (Å²) in [6.07, 6.45) is 2.73. The topological polar surface area (TPSA) is 58.6 Å². The van der Waals surface area contributed by atoms with Crippen molar-refractivity contribution in [2.75, 3.05) is 6.54 Å². The van der Waals surface area contributed by atoms with E-state index in [1.807, 2.05) is 0 Å². The van der Waals surface area contributed by atoms with E-state index >= 15 is 0 Å². The molecule has 0 aliphatic carbocycles. The lowest BCUT2D eigenvalue weighted by Crippen LogP contribution is -2.40. The van der Waals surface area contributed by atoms with Crippen LogP contribution in [0.1, 0.15) is 12.8 Å². The number of nitrogens with one attached hydrogen (secondary N) is 1. The molecule has 0 radical (unpaired) electrons. The lowest BCUT2D eigenvalue weighted by Gasteiger charge is -2.22. The van der Waals surface area contributed by atoms with Crippen LogP contribution in [0, 0.1) is 11.8 Å². The maximum Gasteiger partial charge on any atom is 0.321 e. The predicted molar refractivity (Wildman–Crippen MR) is 44.3 cm³/mol. The van der Waals surface area contributed by atoms with Gasteiger partial charge in [0.15, 0.2) is 0 Å². The van der Waals surface area contributed by atoms with Gasteiger partial charge in [-0.2, -0.15) is 0 Å². The maximum atomic E-state index is 10.9. The molecule has 1 unspecified atom stereocenters. The number of carboxylic acids is 1. The largest absolute Gasteiger partial charge is 0.480 e. The Bertz CT molecular complexity index is 255. The summed E-state index contributed by atoms with van der Waals surface area (Å²) in [6.45, 7) is 0.822. The molecule has 2 bridgehead atoms. The van der Waals surface area contributed by atoms with Crippen molar-refractivity contribution in [1.29, 1.82) is 0 Å². The summed E-state index contributed by atoms with van der Waals surface area (Å²) in [4.78, 5) is 10.9. The number of hydrogen-bond donors (Lipinski definition) is 2. The van der Waals surface area contributed by atoms with E-state index in [4.69, 9.17) is 9.84 Å². The van der Waals surface area contributed by atoms with E-state index in [1.54, 1.807) is 0 Å². The highest BCUT2D eigenvalue weighted by Gasteiger charge is 2.56. The highest BCUT2D eigenvalue weighted by Crippen LogP contribution is 2.47. The molecule has 0 aromatic carbocycles. The van der Waals surface area contributed by atoms with Gasteiger partial charge in [-0.25, -0.2) is 0 Å². The second kappa shape index (κ2) is 2.45. The van der Waals surface area contributed by atoms with E-state index in [2.05, 4.69) is 5.32 Å². The van der Waals surface area contributed by atoms with Gasteiger partial charge in [0.25, 0.3) is 0 Å². The van der Waals surface area contributed by atoms with Crippen molar-refractivity contribution in [3.8, 4) is 0 Å². The van der Waals surface area contributed by atoms with Gasteiger partial charge in [-0.1, -0.05) is 0 Å². The van der Waals surface area contributed by atoms with Crippen molar-refractivity contribution in [2.24, 2.45) is 11.8 Å². The quantitative estimate of drug-likeness (QED) is 0.593. The zero-order chi connectivity index (χ0) is 9.00. The van der Waals surface area contributed by atoms with Gasteiger partial charge in [0.1, 0.15) is 6.04 Å². The predicted octanol–water partition coefficient (Wildman–Crippen LogP) is -0.164. The van der Waals surface area contributed by atoms with Gasteiger partial charge in [0.2, 0.25) is 0 Å². The van der Waals surface area contributed by atoms with Crippen molar-refractivity contribution in [2.45, 2.75) is 31.1 Å². The second-order valence-electron chi connectivity index (χ2n) is 4.26. The molecule has 4 heteroatoms. The van der Waals surface area contributed by atoms with E-state index in [-0.39, 0.29) is 18.1 Å². The van der Waals surface area contributed by atoms with Crippen LogP contribution in [0.4, 0.5) is 0 Å². The Labute approximate surface area is 76.3 Å². The van der Waals surface area contributed by atoms with Crippen molar-refractivity contribution in [3.05, 3.63) is 0 Å². The fourth-order valence-electron chi connectivity index (χ4n) is 3.19. The summed E-state index contributed by atoms with van der Waals surface area (Å²) in [5.41, 5.74) is 0. The first kappa shape index (κ1) is 7.76. The van der Waals surface area contributed by atoms with Crippen LogP contribution in [0.5, 0.6) is 0 Å². The molecule has 0 amide bonds. The smallest absolute Gasteiger partial charge is 0.321 e. The van der Waals surface area contributed by atoms with Crippen LogP contribution in [0.3, 0.4) is 0 Å². The van der Waals surface area contributed by atoms with Crippen LogP contribution in [0.25, 0.3) is 0 Å². The molecule has 3 saturated heterocycles. The molecule has 5 atom stereocenters. The Morgan fingerprint density at radius 3 is 2.92 bits per heavy atom. The maximum absolute atomic E-state index is 10.9. The third-order valence-corrected chi connectivity index (χ3v) is 3.71. The molecular formula is C9H13NO3. The van der Waals surface area contributed by atoms with Gasteiger partial charge in [0, 0.05) is 18.4 Å². The van der Waals surface area contributed by atoms with Crippen LogP contribution >= 0.6 is 0 Å². The van der Waals surface area contributed by atoms with Gasteiger partial charge >= 0.3 is 5.97 Å². The van der Waals surface area contributed by atoms with E-state index < -0.39 is 5.97 Å². The van der Waals surface area contributed by atoms with Gasteiger partial charge in [-0.15, -0.1) is 0 Å². The molecule has 13 heavy (non-hydrogen) atoms. The van der Waals surface area contributed by atoms with Crippen LogP contribution in [0.2, 0.25) is 0 Å². The molecule has 2 N–H and O–H groups in total. The number of carbonyl (C=O) groups is 1. The Morgan fingerprint density at radius 2 is 2.15 bits per heavy atom. The summed E-state index contributed by atoms with van der Waals surface area (Å²) < 4.78 is 5.72. The van der Waals surface area contributed by atoms with Crippen molar-refractivity contribution in [3.63, 3.8) is 0 Å². The molecule has 3 aliphatic heterocycles. The summed E-state index contributed by atoms with van der Waals surface area (Å²) in [6, 6.07) is -0.361.